The van der Waals surface area contributed by atoms with Gasteiger partial charge in [0.15, 0.2) is 0 Å². The van der Waals surface area contributed by atoms with Crippen LogP contribution in [0.3, 0.4) is 0 Å². The highest BCUT2D eigenvalue weighted by molar-refractivity contribution is 6.10. The summed E-state index contributed by atoms with van der Waals surface area (Å²) in [5.74, 6) is -1.12. The Morgan fingerprint density at radius 2 is 1.25 bits per heavy atom. The molecule has 14 nitrogen and oxygen atoms in total. The first-order valence-electron chi connectivity index (χ1n) is 21.6. The van der Waals surface area contributed by atoms with E-state index in [4.69, 9.17) is 20.9 Å². The van der Waals surface area contributed by atoms with E-state index in [1.165, 1.54) is 18.2 Å². The first-order chi connectivity index (χ1) is 32.4. The number of aromatic amines is 2. The molecule has 8 N–H and O–H groups in total. The van der Waals surface area contributed by atoms with Crippen molar-refractivity contribution in [1.29, 1.82) is 0 Å². The zero-order valence-electron chi connectivity index (χ0n) is 36.6. The first-order valence-corrected chi connectivity index (χ1v) is 21.6. The van der Waals surface area contributed by atoms with Gasteiger partial charge in [0.1, 0.15) is 47.5 Å². The number of rotatable bonds is 16. The summed E-state index contributed by atoms with van der Waals surface area (Å²) in [5.41, 5.74) is 17.9. The molecule has 16 heteroatoms. The fourth-order valence-corrected chi connectivity index (χ4v) is 7.82. The van der Waals surface area contributed by atoms with Gasteiger partial charge in [-0.15, -0.1) is 0 Å². The summed E-state index contributed by atoms with van der Waals surface area (Å²) in [5, 5.41) is 6.51. The number of nitrogens with zero attached hydrogens (tertiary/aromatic N) is 2. The number of aryl methyl sites for hydroxylation is 2. The third-order valence-electron chi connectivity index (χ3n) is 11.2. The summed E-state index contributed by atoms with van der Waals surface area (Å²) < 4.78 is 38.7. The van der Waals surface area contributed by atoms with Gasteiger partial charge in [0.2, 0.25) is 0 Å². The van der Waals surface area contributed by atoms with Crippen molar-refractivity contribution < 1.29 is 27.8 Å². The van der Waals surface area contributed by atoms with E-state index in [1.807, 2.05) is 44.2 Å². The van der Waals surface area contributed by atoms with Crippen molar-refractivity contribution in [1.82, 2.24) is 30.6 Å². The fraction of sp³-hybridized carbons (Fsp3) is 0.176. The molecule has 8 aromatic rings. The quantitative estimate of drug-likeness (QED) is 0.0515. The second kappa shape index (κ2) is 19.8. The number of nitrogens with two attached hydrogens (primary N) is 2. The number of benzene rings is 4. The number of carbonyl (C=O) groups is 2. The Morgan fingerprint density at radius 3 is 1.88 bits per heavy atom. The Kier molecular flexibility index (Phi) is 13.3. The average molecular weight is 905 g/mol. The number of aromatic nitrogens is 4. The first kappa shape index (κ1) is 45.2. The molecule has 67 heavy (non-hydrogen) atoms. The highest BCUT2D eigenvalue weighted by Crippen LogP contribution is 2.36. The molecule has 0 aliphatic heterocycles. The predicted molar refractivity (Wildman–Crippen MR) is 254 cm³/mol. The lowest BCUT2D eigenvalue weighted by Gasteiger charge is -2.16. The van der Waals surface area contributed by atoms with E-state index < -0.39 is 34.6 Å². The number of ether oxygens (including phenoxy) is 2. The smallest absolute Gasteiger partial charge is 0.263 e. The van der Waals surface area contributed by atoms with Gasteiger partial charge in [-0.2, -0.15) is 0 Å². The Balaban J connectivity index is 1.03. The van der Waals surface area contributed by atoms with Crippen LogP contribution in [-0.4, -0.2) is 44.8 Å². The van der Waals surface area contributed by atoms with Gasteiger partial charge in [-0.05, 0) is 109 Å². The molecule has 0 atom stereocenters. The molecule has 0 fully saturated rings. The molecule has 4 aromatic carbocycles. The van der Waals surface area contributed by atoms with Crippen molar-refractivity contribution in [2.45, 2.75) is 46.3 Å². The minimum absolute atomic E-state index is 0.0170. The highest BCUT2D eigenvalue weighted by Gasteiger charge is 2.22. The van der Waals surface area contributed by atoms with Crippen LogP contribution < -0.4 is 42.7 Å². The van der Waals surface area contributed by atoms with Gasteiger partial charge in [-0.3, -0.25) is 29.1 Å². The number of nitrogen functional groups attached to an aromatic ring is 2. The van der Waals surface area contributed by atoms with Crippen LogP contribution in [0.4, 0.5) is 20.2 Å². The summed E-state index contributed by atoms with van der Waals surface area (Å²) in [6, 6.07) is 27.5. The Hall–Kier alpha value is -8.40. The van der Waals surface area contributed by atoms with E-state index in [1.54, 1.807) is 48.5 Å². The number of anilines is 2. The van der Waals surface area contributed by atoms with Crippen LogP contribution in [0.15, 0.2) is 119 Å². The Labute approximate surface area is 382 Å². The number of hydrogen-bond acceptors (Lipinski definition) is 10. The second-order valence-corrected chi connectivity index (χ2v) is 15.9. The maximum absolute atomic E-state index is 13.7. The minimum Gasteiger partial charge on any atom is -0.487 e. The van der Waals surface area contributed by atoms with Gasteiger partial charge < -0.3 is 41.5 Å². The highest BCUT2D eigenvalue weighted by atomic mass is 19.1. The molecule has 0 aliphatic rings. The number of fused-ring (bicyclic) bond motifs is 2. The molecule has 4 heterocycles. The van der Waals surface area contributed by atoms with Crippen LogP contribution in [-0.2, 0) is 19.6 Å². The van der Waals surface area contributed by atoms with E-state index in [0.717, 1.165) is 29.1 Å². The summed E-state index contributed by atoms with van der Waals surface area (Å²) >= 11 is 0. The summed E-state index contributed by atoms with van der Waals surface area (Å²) in [6.07, 6.45) is 3.74. The number of carbonyl (C=O) groups excluding carboxylic acids is 2. The van der Waals surface area contributed by atoms with Crippen molar-refractivity contribution in [2.75, 3.05) is 24.6 Å². The third-order valence-corrected chi connectivity index (χ3v) is 11.2. The number of H-pyrrole nitrogens is 2. The SMILES string of the molecule is CCCNC(=O)c1c(N)c2cc(CCCNC(=O)c3c(N)c4cccc(-c5cc(OCc6ccc(F)cn6)ccc5C)c4[nH]c3=O)cc(-c3cccc(OCc4ccc(F)cn4)c3)c2[nH]c1=O. The van der Waals surface area contributed by atoms with Gasteiger partial charge in [-0.25, -0.2) is 8.78 Å². The van der Waals surface area contributed by atoms with Crippen LogP contribution in [0, 0.1) is 18.6 Å². The Bertz CT molecular complexity index is 3280. The number of nitrogens with one attached hydrogen (secondary N) is 4. The molecular weight excluding hydrogens is 859 g/mol. The second-order valence-electron chi connectivity index (χ2n) is 15.9. The third kappa shape index (κ3) is 9.98. The molecule has 340 valence electrons. The molecule has 0 unspecified atom stereocenters. The molecule has 0 saturated carbocycles. The van der Waals surface area contributed by atoms with Crippen LogP contribution in [0.25, 0.3) is 44.1 Å². The number of pyridine rings is 4. The number of hydrogen-bond donors (Lipinski definition) is 6. The maximum atomic E-state index is 13.7. The molecule has 0 bridgehead atoms. The van der Waals surface area contributed by atoms with Crippen LogP contribution >= 0.6 is 0 Å². The standard InChI is InChI=1S/C51H46F2N8O6/c1-3-18-56-48(62)43-45(55)41-21-29(20-40(47(41)61-51(43)65)30-8-4-9-35(22-30)66-26-33-15-13-31(52)24-58-33)7-6-19-57-49(63)42-44(54)38-11-5-10-37(46(38)60-50(42)64)39-23-36(17-12-28(39)2)67-27-34-16-14-32(53)25-59-34/h4-5,8-17,20-25H,3,6-7,18-19,26-27H2,1-2H3,(H,56,62)(H,57,63)(H3,54,60,64)(H3,55,61,65). The number of amides is 2. The van der Waals surface area contributed by atoms with Gasteiger partial charge in [-0.1, -0.05) is 43.3 Å². The maximum Gasteiger partial charge on any atom is 0.263 e. The van der Waals surface area contributed by atoms with E-state index in [2.05, 4.69) is 30.6 Å². The number of halogens is 2. The van der Waals surface area contributed by atoms with Gasteiger partial charge in [0.05, 0.1) is 46.2 Å². The zero-order chi connectivity index (χ0) is 47.2. The summed E-state index contributed by atoms with van der Waals surface area (Å²) in [4.78, 5) is 67.8. The van der Waals surface area contributed by atoms with E-state index in [0.29, 0.717) is 87.2 Å². The molecule has 4 aromatic heterocycles. The molecule has 0 spiro atoms. The number of para-hydroxylation sites is 1. The molecule has 0 radical (unpaired) electrons. The van der Waals surface area contributed by atoms with Crippen LogP contribution in [0.1, 0.15) is 63.0 Å². The predicted octanol–water partition coefficient (Wildman–Crippen LogP) is 7.91. The topological polar surface area (TPSA) is 220 Å². The van der Waals surface area contributed by atoms with Crippen molar-refractivity contribution in [3.05, 3.63) is 175 Å². The zero-order valence-corrected chi connectivity index (χ0v) is 36.6. The lowest BCUT2D eigenvalue weighted by atomic mass is 9.95. The van der Waals surface area contributed by atoms with Crippen LogP contribution in [0.2, 0.25) is 0 Å². The van der Waals surface area contributed by atoms with E-state index in [9.17, 15) is 28.0 Å². The Morgan fingerprint density at radius 1 is 0.657 bits per heavy atom. The molecule has 0 aliphatic carbocycles. The average Bonchev–Trinajstić information content (AvgIpc) is 3.32. The van der Waals surface area contributed by atoms with Gasteiger partial charge in [0, 0.05) is 35.0 Å². The molecular formula is C51H46F2N8O6. The molecule has 2 amide bonds. The van der Waals surface area contributed by atoms with Crippen molar-refractivity contribution in [3.8, 4) is 33.8 Å². The summed E-state index contributed by atoms with van der Waals surface area (Å²) in [7, 11) is 0. The van der Waals surface area contributed by atoms with E-state index in [-0.39, 0.29) is 42.3 Å². The summed E-state index contributed by atoms with van der Waals surface area (Å²) in [6.45, 7) is 4.53. The van der Waals surface area contributed by atoms with Crippen molar-refractivity contribution in [3.63, 3.8) is 0 Å². The van der Waals surface area contributed by atoms with Crippen molar-refractivity contribution in [2.24, 2.45) is 0 Å². The van der Waals surface area contributed by atoms with E-state index >= 15 is 0 Å². The lowest BCUT2D eigenvalue weighted by molar-refractivity contribution is 0.0944. The lowest BCUT2D eigenvalue weighted by Crippen LogP contribution is -2.32. The van der Waals surface area contributed by atoms with Crippen molar-refractivity contribution >= 4 is 45.0 Å². The van der Waals surface area contributed by atoms with Crippen LogP contribution in [0.5, 0.6) is 11.5 Å². The normalized spacial score (nSPS) is 11.2. The monoisotopic (exact) mass is 904 g/mol. The molecule has 0 saturated heterocycles. The minimum atomic E-state index is -0.662. The van der Waals surface area contributed by atoms with Gasteiger partial charge in [0.25, 0.3) is 22.9 Å². The largest absolute Gasteiger partial charge is 0.487 e. The fourth-order valence-electron chi connectivity index (χ4n) is 7.82. The molecule has 8 rings (SSSR count). The van der Waals surface area contributed by atoms with Gasteiger partial charge >= 0.3 is 0 Å².